The zero-order valence-corrected chi connectivity index (χ0v) is 15.8. The molecule has 0 bridgehead atoms. The number of anilines is 1. The van der Waals surface area contributed by atoms with E-state index in [0.29, 0.717) is 11.4 Å². The van der Waals surface area contributed by atoms with Crippen LogP contribution >= 0.6 is 0 Å². The molecule has 3 nitrogen and oxygen atoms in total. The Balaban J connectivity index is 1.88. The number of aryl methyl sites for hydroxylation is 1. The highest BCUT2D eigenvalue weighted by molar-refractivity contribution is 7.92. The average molecular weight is 365 g/mol. The largest absolute Gasteiger partial charge is 0.265 e. The Kier molecular flexibility index (Phi) is 4.03. The molecule has 26 heavy (non-hydrogen) atoms. The van der Waals surface area contributed by atoms with Crippen molar-refractivity contribution in [3.63, 3.8) is 0 Å². The molecule has 2 aliphatic rings. The third-order valence-electron chi connectivity index (χ3n) is 5.56. The molecular formula is C22H23NO2S. The first-order valence-electron chi connectivity index (χ1n) is 9.00. The van der Waals surface area contributed by atoms with E-state index < -0.39 is 10.0 Å². The average Bonchev–Trinajstić information content (AvgIpc) is 2.66. The highest BCUT2D eigenvalue weighted by Crippen LogP contribution is 2.50. The van der Waals surface area contributed by atoms with Gasteiger partial charge in [-0.2, -0.15) is 0 Å². The van der Waals surface area contributed by atoms with Crippen LogP contribution in [0.2, 0.25) is 0 Å². The lowest BCUT2D eigenvalue weighted by molar-refractivity contribution is 0.436. The van der Waals surface area contributed by atoms with Crippen LogP contribution in [0.5, 0.6) is 0 Å². The minimum atomic E-state index is -3.63. The summed E-state index contributed by atoms with van der Waals surface area (Å²) in [4.78, 5) is 0.334. The van der Waals surface area contributed by atoms with Crippen LogP contribution in [0.1, 0.15) is 30.4 Å². The number of nitrogens with zero attached hydrogens (tertiary/aromatic N) is 1. The SMILES string of the molecule is C=C1c2ccccc2N(S(=O)(=O)c2ccc(C)cc2)C[C@]12C=CCCC2. The van der Waals surface area contributed by atoms with Gasteiger partial charge in [0.15, 0.2) is 0 Å². The van der Waals surface area contributed by atoms with Gasteiger partial charge in [0, 0.05) is 17.5 Å². The van der Waals surface area contributed by atoms with Crippen molar-refractivity contribution in [1.29, 1.82) is 0 Å². The molecule has 0 saturated carbocycles. The summed E-state index contributed by atoms with van der Waals surface area (Å²) >= 11 is 0. The van der Waals surface area contributed by atoms with E-state index in [2.05, 4.69) is 18.7 Å². The Bertz CT molecular complexity index is 989. The maximum Gasteiger partial charge on any atom is 0.264 e. The van der Waals surface area contributed by atoms with E-state index in [1.165, 1.54) is 0 Å². The number of hydrogen-bond acceptors (Lipinski definition) is 2. The summed E-state index contributed by atoms with van der Waals surface area (Å²) in [7, 11) is -3.63. The molecule has 0 aromatic heterocycles. The maximum atomic E-state index is 13.5. The fourth-order valence-electron chi connectivity index (χ4n) is 4.01. The highest BCUT2D eigenvalue weighted by Gasteiger charge is 2.43. The molecule has 0 unspecified atom stereocenters. The first-order chi connectivity index (χ1) is 12.4. The summed E-state index contributed by atoms with van der Waals surface area (Å²) in [5.74, 6) is 0. The van der Waals surface area contributed by atoms with Crippen LogP contribution in [0.3, 0.4) is 0 Å². The number of rotatable bonds is 2. The lowest BCUT2D eigenvalue weighted by atomic mass is 9.69. The van der Waals surface area contributed by atoms with E-state index in [-0.39, 0.29) is 5.41 Å². The maximum absolute atomic E-state index is 13.5. The van der Waals surface area contributed by atoms with Crippen LogP contribution in [-0.2, 0) is 10.0 Å². The molecule has 1 aliphatic carbocycles. The fraction of sp³-hybridized carbons (Fsp3) is 0.273. The standard InChI is InChI=1S/C22H23NO2S/c1-17-10-12-19(13-11-17)26(24,25)23-16-22(14-6-3-7-15-22)18(2)20-8-4-5-9-21(20)23/h4-6,8-14H,2-3,7,15-16H2,1H3/t22-/m1/s1. The zero-order chi connectivity index (χ0) is 18.4. The summed E-state index contributed by atoms with van der Waals surface area (Å²) < 4.78 is 28.5. The number of hydrogen-bond donors (Lipinski definition) is 0. The molecule has 1 aliphatic heterocycles. The van der Waals surface area contributed by atoms with Crippen LogP contribution in [0.15, 0.2) is 72.2 Å². The van der Waals surface area contributed by atoms with Crippen LogP contribution in [0, 0.1) is 12.3 Å². The highest BCUT2D eigenvalue weighted by atomic mass is 32.2. The molecule has 0 amide bonds. The third kappa shape index (κ3) is 2.60. The first-order valence-corrected chi connectivity index (χ1v) is 10.4. The van der Waals surface area contributed by atoms with Crippen molar-refractivity contribution < 1.29 is 8.42 Å². The van der Waals surface area contributed by atoms with Gasteiger partial charge in [-0.25, -0.2) is 8.42 Å². The number of benzene rings is 2. The zero-order valence-electron chi connectivity index (χ0n) is 15.0. The topological polar surface area (TPSA) is 37.4 Å². The Hall–Kier alpha value is -2.33. The molecule has 0 N–H and O–H groups in total. The molecule has 0 radical (unpaired) electrons. The van der Waals surface area contributed by atoms with Gasteiger partial charge in [0.25, 0.3) is 10.0 Å². The van der Waals surface area contributed by atoms with Gasteiger partial charge in [-0.15, -0.1) is 0 Å². The normalized spacial score (nSPS) is 22.5. The summed E-state index contributed by atoms with van der Waals surface area (Å²) in [6, 6.07) is 14.8. The fourth-order valence-corrected chi connectivity index (χ4v) is 5.57. The lowest BCUT2D eigenvalue weighted by Crippen LogP contribution is -2.45. The van der Waals surface area contributed by atoms with E-state index in [1.54, 1.807) is 16.4 Å². The van der Waals surface area contributed by atoms with Crippen molar-refractivity contribution in [2.75, 3.05) is 10.8 Å². The molecule has 0 fully saturated rings. The van der Waals surface area contributed by atoms with Crippen LogP contribution in [0.25, 0.3) is 5.57 Å². The molecule has 2 aromatic rings. The van der Waals surface area contributed by atoms with Gasteiger partial charge in [0.1, 0.15) is 0 Å². The first kappa shape index (κ1) is 17.1. The van der Waals surface area contributed by atoms with Crippen LogP contribution in [0.4, 0.5) is 5.69 Å². The van der Waals surface area contributed by atoms with Crippen molar-refractivity contribution in [2.45, 2.75) is 31.1 Å². The summed E-state index contributed by atoms with van der Waals surface area (Å²) in [6.45, 7) is 6.73. The molecule has 1 heterocycles. The summed E-state index contributed by atoms with van der Waals surface area (Å²) in [5, 5.41) is 0. The quantitative estimate of drug-likeness (QED) is 0.707. The van der Waals surface area contributed by atoms with Crippen molar-refractivity contribution in [2.24, 2.45) is 5.41 Å². The Labute approximate surface area is 155 Å². The van der Waals surface area contributed by atoms with Gasteiger partial charge in [-0.05, 0) is 50.0 Å². The molecule has 4 rings (SSSR count). The van der Waals surface area contributed by atoms with Crippen LogP contribution < -0.4 is 4.31 Å². The van der Waals surface area contributed by atoms with Gasteiger partial charge in [0.2, 0.25) is 0 Å². The monoisotopic (exact) mass is 365 g/mol. The molecular weight excluding hydrogens is 342 g/mol. The number of para-hydroxylation sites is 1. The van der Waals surface area contributed by atoms with Gasteiger partial charge < -0.3 is 0 Å². The van der Waals surface area contributed by atoms with E-state index in [1.807, 2.05) is 43.3 Å². The Morgan fingerprint density at radius 2 is 1.81 bits per heavy atom. The van der Waals surface area contributed by atoms with Crippen LogP contribution in [-0.4, -0.2) is 15.0 Å². The van der Waals surface area contributed by atoms with Gasteiger partial charge in [-0.3, -0.25) is 4.31 Å². The van der Waals surface area contributed by atoms with E-state index >= 15 is 0 Å². The number of allylic oxidation sites excluding steroid dienone is 1. The summed E-state index contributed by atoms with van der Waals surface area (Å²) in [6.07, 6.45) is 7.36. The molecule has 1 spiro atoms. The second-order valence-corrected chi connectivity index (χ2v) is 9.13. The molecule has 134 valence electrons. The molecule has 1 atom stereocenters. The van der Waals surface area contributed by atoms with Gasteiger partial charge in [-0.1, -0.05) is 54.6 Å². The number of sulfonamides is 1. The van der Waals surface area contributed by atoms with Crippen molar-refractivity contribution in [1.82, 2.24) is 0 Å². The Morgan fingerprint density at radius 3 is 2.50 bits per heavy atom. The predicted octanol–water partition coefficient (Wildman–Crippen LogP) is 4.94. The second-order valence-electron chi connectivity index (χ2n) is 7.27. The smallest absolute Gasteiger partial charge is 0.264 e. The van der Waals surface area contributed by atoms with E-state index in [0.717, 1.165) is 41.6 Å². The lowest BCUT2D eigenvalue weighted by Gasteiger charge is -2.45. The molecule has 0 saturated heterocycles. The Morgan fingerprint density at radius 1 is 1.08 bits per heavy atom. The van der Waals surface area contributed by atoms with Crippen molar-refractivity contribution in [3.8, 4) is 0 Å². The molecule has 4 heteroatoms. The van der Waals surface area contributed by atoms with E-state index in [9.17, 15) is 8.42 Å². The molecule has 2 aromatic carbocycles. The number of fused-ring (bicyclic) bond motifs is 1. The summed E-state index contributed by atoms with van der Waals surface area (Å²) in [5.41, 5.74) is 3.41. The second kappa shape index (κ2) is 6.13. The van der Waals surface area contributed by atoms with Gasteiger partial charge in [0.05, 0.1) is 10.6 Å². The minimum Gasteiger partial charge on any atom is -0.265 e. The van der Waals surface area contributed by atoms with E-state index in [4.69, 9.17) is 0 Å². The minimum absolute atomic E-state index is 0.315. The third-order valence-corrected chi connectivity index (χ3v) is 7.34. The predicted molar refractivity (Wildman–Crippen MR) is 107 cm³/mol. The van der Waals surface area contributed by atoms with Crippen molar-refractivity contribution in [3.05, 3.63) is 78.4 Å². The van der Waals surface area contributed by atoms with Gasteiger partial charge >= 0.3 is 0 Å². The van der Waals surface area contributed by atoms with Crippen molar-refractivity contribution >= 4 is 21.3 Å².